The van der Waals surface area contributed by atoms with Gasteiger partial charge in [0.25, 0.3) is 0 Å². The zero-order chi connectivity index (χ0) is 17.4. The Kier molecular flexibility index (Phi) is 4.27. The van der Waals surface area contributed by atoms with Crippen molar-refractivity contribution in [2.24, 2.45) is 0 Å². The summed E-state index contributed by atoms with van der Waals surface area (Å²) in [6, 6.07) is 7.62. The highest BCUT2D eigenvalue weighted by Gasteiger charge is 2.46. The fourth-order valence-corrected chi connectivity index (χ4v) is 3.83. The second kappa shape index (κ2) is 6.11. The Morgan fingerprint density at radius 2 is 1.83 bits per heavy atom. The second-order valence-electron chi connectivity index (χ2n) is 6.55. The number of carbonyl (C=O) groups excluding carboxylic acids is 2. The quantitative estimate of drug-likeness (QED) is 0.860. The van der Waals surface area contributed by atoms with Crippen LogP contribution in [0.2, 0.25) is 0 Å². The van der Waals surface area contributed by atoms with Crippen LogP contribution in [0.4, 0.5) is 18.9 Å². The molecule has 1 aromatic carbocycles. The van der Waals surface area contributed by atoms with E-state index in [1.54, 1.807) is 10.2 Å². The average Bonchev–Trinajstić information content (AvgIpc) is 3.12. The Morgan fingerprint density at radius 1 is 1.17 bits per heavy atom. The van der Waals surface area contributed by atoms with Crippen molar-refractivity contribution in [3.05, 3.63) is 29.8 Å². The highest BCUT2D eigenvalue weighted by atomic mass is 19.4. The highest BCUT2D eigenvalue weighted by molar-refractivity contribution is 6.06. The minimum atomic E-state index is -4.48. The van der Waals surface area contributed by atoms with Crippen LogP contribution in [0.3, 0.4) is 0 Å². The van der Waals surface area contributed by atoms with Gasteiger partial charge in [0.1, 0.15) is 13.0 Å². The maximum Gasteiger partial charge on any atom is 0.405 e. The van der Waals surface area contributed by atoms with Crippen molar-refractivity contribution in [2.75, 3.05) is 18.0 Å². The molecule has 4 nitrogen and oxygen atoms in total. The van der Waals surface area contributed by atoms with Crippen LogP contribution in [-0.2, 0) is 15.0 Å². The van der Waals surface area contributed by atoms with Crippen molar-refractivity contribution < 1.29 is 22.8 Å². The van der Waals surface area contributed by atoms with Gasteiger partial charge in [0, 0.05) is 17.6 Å². The number of carbonyl (C=O) groups is 2. The number of benzene rings is 1. The predicted molar refractivity (Wildman–Crippen MR) is 82.6 cm³/mol. The molecule has 24 heavy (non-hydrogen) atoms. The Hall–Kier alpha value is -2.05. The summed E-state index contributed by atoms with van der Waals surface area (Å²) in [5, 5.41) is 1.75. The summed E-state index contributed by atoms with van der Waals surface area (Å²) in [6.45, 7) is -0.905. The molecule has 1 aliphatic carbocycles. The van der Waals surface area contributed by atoms with Gasteiger partial charge in [-0.3, -0.25) is 9.59 Å². The molecule has 2 aliphatic rings. The van der Waals surface area contributed by atoms with E-state index in [0.29, 0.717) is 6.54 Å². The molecule has 1 fully saturated rings. The van der Waals surface area contributed by atoms with E-state index in [1.807, 2.05) is 24.3 Å². The molecule has 1 N–H and O–H groups in total. The van der Waals surface area contributed by atoms with Crippen molar-refractivity contribution in [2.45, 2.75) is 43.7 Å². The molecule has 1 spiro atoms. The molecular weight excluding hydrogens is 321 g/mol. The summed E-state index contributed by atoms with van der Waals surface area (Å²) >= 11 is 0. The molecule has 7 heteroatoms. The van der Waals surface area contributed by atoms with Gasteiger partial charge in [-0.25, -0.2) is 0 Å². The molecule has 0 aromatic heterocycles. The number of anilines is 1. The lowest BCUT2D eigenvalue weighted by Gasteiger charge is -2.24. The largest absolute Gasteiger partial charge is 0.405 e. The van der Waals surface area contributed by atoms with Crippen LogP contribution < -0.4 is 10.2 Å². The molecule has 1 aromatic rings. The first kappa shape index (κ1) is 16.8. The lowest BCUT2D eigenvalue weighted by Crippen LogP contribution is -2.40. The number of para-hydroxylation sites is 1. The third kappa shape index (κ3) is 3.25. The third-order valence-corrected chi connectivity index (χ3v) is 4.89. The molecule has 1 saturated carbocycles. The molecule has 2 amide bonds. The Labute approximate surface area is 138 Å². The van der Waals surface area contributed by atoms with E-state index < -0.39 is 31.0 Å². The van der Waals surface area contributed by atoms with Gasteiger partial charge in [0.2, 0.25) is 11.8 Å². The number of amides is 2. The van der Waals surface area contributed by atoms with Gasteiger partial charge >= 0.3 is 6.18 Å². The molecular formula is C17H19F3N2O2. The van der Waals surface area contributed by atoms with Crippen molar-refractivity contribution in [3.8, 4) is 0 Å². The zero-order valence-electron chi connectivity index (χ0n) is 13.2. The minimum absolute atomic E-state index is 0.0608. The lowest BCUT2D eigenvalue weighted by molar-refractivity contribution is -0.140. The smallest absolute Gasteiger partial charge is 0.347 e. The maximum absolute atomic E-state index is 12.5. The molecule has 0 atom stereocenters. The van der Waals surface area contributed by atoms with Gasteiger partial charge < -0.3 is 10.2 Å². The third-order valence-electron chi connectivity index (χ3n) is 4.89. The molecule has 130 valence electrons. The number of halogens is 3. The van der Waals surface area contributed by atoms with Crippen LogP contribution in [-0.4, -0.2) is 31.1 Å². The van der Waals surface area contributed by atoms with Crippen LogP contribution in [0.1, 0.15) is 37.7 Å². The van der Waals surface area contributed by atoms with E-state index in [2.05, 4.69) is 0 Å². The second-order valence-corrected chi connectivity index (χ2v) is 6.55. The molecule has 0 unspecified atom stereocenters. The topological polar surface area (TPSA) is 49.4 Å². The van der Waals surface area contributed by atoms with Gasteiger partial charge in [0.15, 0.2) is 0 Å². The Morgan fingerprint density at radius 3 is 2.50 bits per heavy atom. The molecule has 1 aliphatic heterocycles. The lowest BCUT2D eigenvalue weighted by atomic mass is 9.81. The standard InChI is InChI=1S/C17H19F3N2O2/c18-17(19,20)10-21-14(23)9-15(24)22-11-16(7-3-4-8-16)12-5-1-2-6-13(12)22/h1-2,5-6H,3-4,7-11H2,(H,21,23). The summed E-state index contributed by atoms with van der Waals surface area (Å²) in [6.07, 6.45) is -0.861. The van der Waals surface area contributed by atoms with Crippen molar-refractivity contribution in [1.82, 2.24) is 5.32 Å². The van der Waals surface area contributed by atoms with Crippen LogP contribution >= 0.6 is 0 Å². The first-order valence-electron chi connectivity index (χ1n) is 8.04. The zero-order valence-corrected chi connectivity index (χ0v) is 13.2. The van der Waals surface area contributed by atoms with Crippen LogP contribution in [0.5, 0.6) is 0 Å². The van der Waals surface area contributed by atoms with Gasteiger partial charge in [-0.05, 0) is 24.5 Å². The average molecular weight is 340 g/mol. The fraction of sp³-hybridized carbons (Fsp3) is 0.529. The van der Waals surface area contributed by atoms with Gasteiger partial charge in [-0.15, -0.1) is 0 Å². The molecule has 0 saturated heterocycles. The number of nitrogens with zero attached hydrogens (tertiary/aromatic N) is 1. The number of hydrogen-bond donors (Lipinski definition) is 1. The summed E-state index contributed by atoms with van der Waals surface area (Å²) in [5.74, 6) is -1.35. The molecule has 0 radical (unpaired) electrons. The van der Waals surface area contributed by atoms with Crippen molar-refractivity contribution >= 4 is 17.5 Å². The number of alkyl halides is 3. The van der Waals surface area contributed by atoms with Gasteiger partial charge in [-0.1, -0.05) is 31.0 Å². The highest BCUT2D eigenvalue weighted by Crippen LogP contribution is 2.50. The minimum Gasteiger partial charge on any atom is -0.347 e. The predicted octanol–water partition coefficient (Wildman–Crippen LogP) is 2.91. The molecule has 1 heterocycles. The maximum atomic E-state index is 12.5. The van der Waals surface area contributed by atoms with E-state index in [9.17, 15) is 22.8 Å². The summed E-state index contributed by atoms with van der Waals surface area (Å²) < 4.78 is 36.4. The Bertz CT molecular complexity index is 651. The van der Waals surface area contributed by atoms with Gasteiger partial charge in [0.05, 0.1) is 0 Å². The van der Waals surface area contributed by atoms with Gasteiger partial charge in [-0.2, -0.15) is 13.2 Å². The first-order valence-corrected chi connectivity index (χ1v) is 8.04. The van der Waals surface area contributed by atoms with E-state index in [0.717, 1.165) is 36.9 Å². The number of rotatable bonds is 3. The Balaban J connectivity index is 1.71. The van der Waals surface area contributed by atoms with Crippen LogP contribution in [0.15, 0.2) is 24.3 Å². The SMILES string of the molecule is O=C(CC(=O)N1CC2(CCCC2)c2ccccc21)NCC(F)(F)F. The van der Waals surface area contributed by atoms with Crippen molar-refractivity contribution in [3.63, 3.8) is 0 Å². The monoisotopic (exact) mass is 340 g/mol. The van der Waals surface area contributed by atoms with E-state index in [4.69, 9.17) is 0 Å². The first-order chi connectivity index (χ1) is 11.3. The van der Waals surface area contributed by atoms with Crippen LogP contribution in [0, 0.1) is 0 Å². The van der Waals surface area contributed by atoms with E-state index in [1.165, 1.54) is 0 Å². The fourth-order valence-electron chi connectivity index (χ4n) is 3.83. The van der Waals surface area contributed by atoms with Crippen molar-refractivity contribution in [1.29, 1.82) is 0 Å². The summed E-state index contributed by atoms with van der Waals surface area (Å²) in [7, 11) is 0. The van der Waals surface area contributed by atoms with E-state index in [-0.39, 0.29) is 5.41 Å². The van der Waals surface area contributed by atoms with Crippen LogP contribution in [0.25, 0.3) is 0 Å². The molecule has 0 bridgehead atoms. The number of fused-ring (bicyclic) bond motifs is 2. The molecule has 3 rings (SSSR count). The number of hydrogen-bond acceptors (Lipinski definition) is 2. The summed E-state index contributed by atoms with van der Waals surface area (Å²) in [5.41, 5.74) is 1.84. The normalized spacial score (nSPS) is 18.7. The van der Waals surface area contributed by atoms with E-state index >= 15 is 0 Å². The summed E-state index contributed by atoms with van der Waals surface area (Å²) in [4.78, 5) is 25.7. The number of nitrogens with one attached hydrogen (secondary N) is 1.